The number of hydrogen-bond donors (Lipinski definition) is 0. The summed E-state index contributed by atoms with van der Waals surface area (Å²) in [5, 5.41) is 6.91. The molecule has 1 amide bonds. The van der Waals surface area contributed by atoms with E-state index in [0.29, 0.717) is 32.2 Å². The zero-order chi connectivity index (χ0) is 20.9. The lowest BCUT2D eigenvalue weighted by atomic mass is 10.1. The van der Waals surface area contributed by atoms with Gasteiger partial charge in [0.05, 0.1) is 21.7 Å². The van der Waals surface area contributed by atoms with Crippen molar-refractivity contribution in [1.29, 1.82) is 0 Å². The van der Waals surface area contributed by atoms with Gasteiger partial charge in [0.2, 0.25) is 5.91 Å². The van der Waals surface area contributed by atoms with Crippen LogP contribution in [0.1, 0.15) is 25.0 Å². The van der Waals surface area contributed by atoms with E-state index in [-0.39, 0.29) is 29.0 Å². The summed E-state index contributed by atoms with van der Waals surface area (Å²) in [5.74, 6) is 0.141. The molecule has 1 saturated heterocycles. The Bertz CT molecular complexity index is 1070. The minimum absolute atomic E-state index is 0.0247. The zero-order valence-electron chi connectivity index (χ0n) is 16.2. The van der Waals surface area contributed by atoms with Gasteiger partial charge in [-0.25, -0.2) is 8.89 Å². The maximum absolute atomic E-state index is 13.1. The Hall–Kier alpha value is -2.34. The number of carbonyl (C=O) groups excluding carboxylic acids is 1. The SMILES string of the molecule is Cn1nncc1S(=O)(=O)N=S1(=O)CCCN(C(=O)CCCc2ccccn2)CC1. The van der Waals surface area contributed by atoms with Gasteiger partial charge in [-0.1, -0.05) is 11.3 Å². The van der Waals surface area contributed by atoms with Crippen molar-refractivity contribution in [2.75, 3.05) is 24.6 Å². The molecular formula is C17H24N6O4S2. The summed E-state index contributed by atoms with van der Waals surface area (Å²) < 4.78 is 42.8. The molecule has 1 aliphatic heterocycles. The van der Waals surface area contributed by atoms with Crippen molar-refractivity contribution in [2.45, 2.75) is 30.7 Å². The molecule has 2 aromatic rings. The van der Waals surface area contributed by atoms with Crippen molar-refractivity contribution < 1.29 is 17.4 Å². The third-order valence-electron chi connectivity index (χ3n) is 4.65. The Morgan fingerprint density at radius 1 is 1.28 bits per heavy atom. The molecule has 10 nitrogen and oxygen atoms in total. The Kier molecular flexibility index (Phi) is 6.63. The first-order valence-corrected chi connectivity index (χ1v) is 12.6. The molecule has 0 N–H and O–H groups in total. The third-order valence-corrected chi connectivity index (χ3v) is 9.16. The van der Waals surface area contributed by atoms with Crippen LogP contribution in [0.4, 0.5) is 0 Å². The lowest BCUT2D eigenvalue weighted by Crippen LogP contribution is -2.33. The molecule has 3 rings (SSSR count). The van der Waals surface area contributed by atoms with Crippen molar-refractivity contribution in [3.05, 3.63) is 36.3 Å². The number of rotatable bonds is 6. The highest BCUT2D eigenvalue weighted by molar-refractivity contribution is 8.03. The van der Waals surface area contributed by atoms with Crippen LogP contribution in [0.2, 0.25) is 0 Å². The number of aryl methyl sites for hydroxylation is 2. The molecule has 3 heterocycles. The predicted octanol–water partition coefficient (Wildman–Crippen LogP) is 0.622. The fraction of sp³-hybridized carbons (Fsp3) is 0.529. The van der Waals surface area contributed by atoms with Crippen molar-refractivity contribution in [3.63, 3.8) is 0 Å². The molecule has 0 aromatic carbocycles. The smallest absolute Gasteiger partial charge is 0.308 e. The van der Waals surface area contributed by atoms with E-state index in [1.807, 2.05) is 18.2 Å². The number of amides is 1. The van der Waals surface area contributed by atoms with Crippen LogP contribution in [0.25, 0.3) is 0 Å². The van der Waals surface area contributed by atoms with E-state index in [4.69, 9.17) is 0 Å². The molecule has 1 aliphatic rings. The standard InChI is InChI=1S/C17H24N6O4S2/c1-22-17(14-19-20-22)29(26,27)21-28(25)12-5-10-23(11-13-28)16(24)8-4-7-15-6-2-3-9-18-15/h2-3,6,9,14H,4-5,7-8,10-13H2,1H3. The van der Waals surface area contributed by atoms with Crippen LogP contribution in [0, 0.1) is 0 Å². The molecule has 0 aliphatic carbocycles. The Labute approximate surface area is 170 Å². The summed E-state index contributed by atoms with van der Waals surface area (Å²) in [7, 11) is -5.69. The van der Waals surface area contributed by atoms with E-state index in [1.165, 1.54) is 7.05 Å². The highest BCUT2D eigenvalue weighted by atomic mass is 32.3. The molecule has 0 spiro atoms. The molecule has 0 saturated carbocycles. The molecule has 29 heavy (non-hydrogen) atoms. The number of aromatic nitrogens is 4. The Balaban J connectivity index is 1.61. The molecule has 158 valence electrons. The predicted molar refractivity (Wildman–Crippen MR) is 107 cm³/mol. The van der Waals surface area contributed by atoms with E-state index in [2.05, 4.69) is 19.1 Å². The molecule has 0 radical (unpaired) electrons. The summed E-state index contributed by atoms with van der Waals surface area (Å²) in [6.07, 6.45) is 5.00. The van der Waals surface area contributed by atoms with Gasteiger partial charge in [-0.3, -0.25) is 9.78 Å². The van der Waals surface area contributed by atoms with Gasteiger partial charge in [0.25, 0.3) is 0 Å². The average Bonchev–Trinajstić information content (AvgIpc) is 3.02. The molecule has 0 bridgehead atoms. The molecule has 2 aromatic heterocycles. The van der Waals surface area contributed by atoms with Crippen LogP contribution in [0.3, 0.4) is 0 Å². The van der Waals surface area contributed by atoms with Crippen LogP contribution in [0.5, 0.6) is 0 Å². The number of hydrogen-bond acceptors (Lipinski definition) is 7. The largest absolute Gasteiger partial charge is 0.342 e. The van der Waals surface area contributed by atoms with Gasteiger partial charge in [-0.2, -0.15) is 8.42 Å². The first kappa shape index (κ1) is 21.4. The number of sulfonamides is 1. The minimum Gasteiger partial charge on any atom is -0.342 e. The molecule has 1 atom stereocenters. The first-order valence-electron chi connectivity index (χ1n) is 9.30. The summed E-state index contributed by atoms with van der Waals surface area (Å²) in [4.78, 5) is 18.4. The number of carbonyl (C=O) groups is 1. The van der Waals surface area contributed by atoms with Crippen molar-refractivity contribution in [3.8, 4) is 0 Å². The number of nitrogens with zero attached hydrogens (tertiary/aromatic N) is 6. The van der Waals surface area contributed by atoms with Gasteiger partial charge < -0.3 is 4.90 Å². The molecule has 1 unspecified atom stereocenters. The summed E-state index contributed by atoms with van der Waals surface area (Å²) in [6.45, 7) is 0.673. The average molecular weight is 441 g/mol. The molecular weight excluding hydrogens is 416 g/mol. The van der Waals surface area contributed by atoms with Gasteiger partial charge in [-0.05, 0) is 31.4 Å². The second-order valence-electron chi connectivity index (χ2n) is 6.84. The van der Waals surface area contributed by atoms with E-state index in [1.54, 1.807) is 11.1 Å². The highest BCUT2D eigenvalue weighted by Crippen LogP contribution is 2.16. The second-order valence-corrected chi connectivity index (χ2v) is 11.2. The van der Waals surface area contributed by atoms with Crippen LogP contribution < -0.4 is 0 Å². The maximum atomic E-state index is 13.1. The van der Waals surface area contributed by atoms with E-state index < -0.39 is 19.8 Å². The monoisotopic (exact) mass is 440 g/mol. The maximum Gasteiger partial charge on any atom is 0.308 e. The number of pyridine rings is 1. The van der Waals surface area contributed by atoms with E-state index in [0.717, 1.165) is 16.6 Å². The Morgan fingerprint density at radius 2 is 2.10 bits per heavy atom. The van der Waals surface area contributed by atoms with E-state index >= 15 is 0 Å². The van der Waals surface area contributed by atoms with Crippen molar-refractivity contribution in [2.24, 2.45) is 10.8 Å². The quantitative estimate of drug-likeness (QED) is 0.644. The minimum atomic E-state index is -4.13. The highest BCUT2D eigenvalue weighted by Gasteiger charge is 2.26. The lowest BCUT2D eigenvalue weighted by molar-refractivity contribution is -0.131. The zero-order valence-corrected chi connectivity index (χ0v) is 17.8. The van der Waals surface area contributed by atoms with Gasteiger partial charge in [0.1, 0.15) is 0 Å². The van der Waals surface area contributed by atoms with Gasteiger partial charge >= 0.3 is 10.0 Å². The molecule has 12 heteroatoms. The summed E-state index contributed by atoms with van der Waals surface area (Å²) in [6, 6.07) is 5.68. The van der Waals surface area contributed by atoms with Gasteiger partial charge in [-0.15, -0.1) is 8.87 Å². The van der Waals surface area contributed by atoms with Gasteiger partial charge in [0.15, 0.2) is 5.03 Å². The Morgan fingerprint density at radius 3 is 2.79 bits per heavy atom. The third kappa shape index (κ3) is 5.60. The summed E-state index contributed by atoms with van der Waals surface area (Å²) in [5.41, 5.74) is 0.938. The fourth-order valence-corrected chi connectivity index (χ4v) is 7.30. The second kappa shape index (κ2) is 8.99. The normalized spacial score (nSPS) is 20.2. The fourth-order valence-electron chi connectivity index (χ4n) is 3.13. The topological polar surface area (TPSA) is 127 Å². The molecule has 1 fully saturated rings. The van der Waals surface area contributed by atoms with Crippen molar-refractivity contribution >= 4 is 25.7 Å². The van der Waals surface area contributed by atoms with Crippen LogP contribution in [-0.4, -0.2) is 68.0 Å². The van der Waals surface area contributed by atoms with Crippen molar-refractivity contribution in [1.82, 2.24) is 24.9 Å². The summed E-state index contributed by atoms with van der Waals surface area (Å²) >= 11 is 0. The van der Waals surface area contributed by atoms with Crippen LogP contribution in [0.15, 0.2) is 39.4 Å². The lowest BCUT2D eigenvalue weighted by Gasteiger charge is -2.19. The van der Waals surface area contributed by atoms with E-state index in [9.17, 15) is 17.4 Å². The van der Waals surface area contributed by atoms with Crippen LogP contribution >= 0.6 is 0 Å². The van der Waals surface area contributed by atoms with Gasteiger partial charge in [0, 0.05) is 44.2 Å². The first-order chi connectivity index (χ1) is 13.8. The van der Waals surface area contributed by atoms with Crippen LogP contribution in [-0.2, 0) is 38.0 Å².